The van der Waals surface area contributed by atoms with Gasteiger partial charge in [-0.2, -0.15) is 0 Å². The monoisotopic (exact) mass is 489 g/mol. The molecule has 0 radical (unpaired) electrons. The Hall–Kier alpha value is -3.42. The largest absolute Gasteiger partial charge is 0.366 e. The number of carbonyl (C=O) groups excluding carboxylic acids is 1. The number of rotatable bonds is 8. The van der Waals surface area contributed by atoms with Gasteiger partial charge in [0, 0.05) is 40.8 Å². The fraction of sp³-hybridized carbons (Fsp3) is 0.250. The van der Waals surface area contributed by atoms with Gasteiger partial charge in [0.15, 0.2) is 0 Å². The number of amides is 1. The van der Waals surface area contributed by atoms with Gasteiger partial charge in [0.1, 0.15) is 0 Å². The van der Waals surface area contributed by atoms with E-state index in [0.717, 1.165) is 38.7 Å². The second kappa shape index (κ2) is 9.68. The van der Waals surface area contributed by atoms with Crippen molar-refractivity contribution in [2.24, 2.45) is 5.73 Å². The van der Waals surface area contributed by atoms with Crippen molar-refractivity contribution in [2.75, 3.05) is 0 Å². The van der Waals surface area contributed by atoms with Crippen LogP contribution in [-0.4, -0.2) is 24.9 Å². The zero-order valence-corrected chi connectivity index (χ0v) is 21.3. The molecule has 3 N–H and O–H groups in total. The van der Waals surface area contributed by atoms with Crippen LogP contribution in [0, 0.1) is 20.8 Å². The van der Waals surface area contributed by atoms with E-state index in [1.807, 2.05) is 87.0 Å². The van der Waals surface area contributed by atoms with E-state index in [-0.39, 0.29) is 6.04 Å². The molecule has 182 valence electrons. The maximum absolute atomic E-state index is 13.4. The van der Waals surface area contributed by atoms with Gasteiger partial charge in [-0.05, 0) is 56.0 Å². The third kappa shape index (κ3) is 4.88. The molecule has 1 atom stereocenters. The summed E-state index contributed by atoms with van der Waals surface area (Å²) in [5, 5.41) is 0.976. The highest BCUT2D eigenvalue weighted by atomic mass is 32.2. The summed E-state index contributed by atoms with van der Waals surface area (Å²) in [4.78, 5) is 12.4. The first-order valence-corrected chi connectivity index (χ1v) is 13.2. The molecule has 0 fully saturated rings. The third-order valence-corrected chi connectivity index (χ3v) is 8.20. The van der Waals surface area contributed by atoms with E-state index < -0.39 is 15.9 Å². The molecule has 0 saturated carbocycles. The van der Waals surface area contributed by atoms with E-state index >= 15 is 0 Å². The number of primary amides is 1. The number of benzene rings is 3. The number of aryl methyl sites for hydroxylation is 3. The Bertz CT molecular complexity index is 1500. The van der Waals surface area contributed by atoms with Gasteiger partial charge in [-0.15, -0.1) is 0 Å². The summed E-state index contributed by atoms with van der Waals surface area (Å²) < 4.78 is 31.7. The Labute approximate surface area is 206 Å². The molecule has 0 saturated heterocycles. The molecular weight excluding hydrogens is 458 g/mol. The van der Waals surface area contributed by atoms with Crippen LogP contribution in [0.3, 0.4) is 0 Å². The first-order chi connectivity index (χ1) is 16.6. The van der Waals surface area contributed by atoms with Gasteiger partial charge in [0.05, 0.1) is 4.90 Å². The molecule has 0 aliphatic carbocycles. The second-order valence-corrected chi connectivity index (χ2v) is 10.7. The maximum Gasteiger partial charge on any atom is 0.249 e. The van der Waals surface area contributed by atoms with Crippen LogP contribution in [0.2, 0.25) is 0 Å². The number of aromatic nitrogens is 1. The number of fused-ring (bicyclic) bond motifs is 1. The van der Waals surface area contributed by atoms with Gasteiger partial charge < -0.3 is 10.3 Å². The first-order valence-electron chi connectivity index (χ1n) is 11.7. The van der Waals surface area contributed by atoms with Crippen LogP contribution in [0.5, 0.6) is 0 Å². The van der Waals surface area contributed by atoms with E-state index in [2.05, 4.69) is 4.72 Å². The number of nitrogens with two attached hydrogens (primary N) is 1. The number of hydrogen-bond acceptors (Lipinski definition) is 3. The summed E-state index contributed by atoms with van der Waals surface area (Å²) in [7, 11) is -3.71. The average Bonchev–Trinajstić information content (AvgIpc) is 3.15. The Morgan fingerprint density at radius 3 is 2.26 bits per heavy atom. The predicted octanol–water partition coefficient (Wildman–Crippen LogP) is 5.09. The minimum Gasteiger partial charge on any atom is -0.366 e. The van der Waals surface area contributed by atoms with E-state index in [1.54, 1.807) is 12.1 Å². The average molecular weight is 490 g/mol. The maximum atomic E-state index is 13.4. The molecule has 0 aliphatic heterocycles. The normalized spacial score (nSPS) is 12.7. The standard InChI is InChI=1S/C28H31N3O3S/c1-5-21(30-35(33,34)27-19(3)14-18(2)15-20(27)4)16-31-17-25(23-11-8-9-13-26(23)31)22-10-6-7-12-24(22)28(29)32/h6-15,17,21,30H,5,16H2,1-4H3,(H2,29,32)/t21-/m1/s1. The van der Waals surface area contributed by atoms with Crippen molar-refractivity contribution in [3.05, 3.63) is 89.1 Å². The molecule has 1 heterocycles. The highest BCUT2D eigenvalue weighted by Crippen LogP contribution is 2.33. The van der Waals surface area contributed by atoms with Crippen molar-refractivity contribution in [3.8, 4) is 11.1 Å². The summed E-state index contributed by atoms with van der Waals surface area (Å²) in [6.07, 6.45) is 2.59. The summed E-state index contributed by atoms with van der Waals surface area (Å²) in [6.45, 7) is 8.04. The molecule has 4 rings (SSSR count). The van der Waals surface area contributed by atoms with Crippen LogP contribution in [0.15, 0.2) is 71.8 Å². The van der Waals surface area contributed by atoms with Crippen LogP contribution in [0.25, 0.3) is 22.0 Å². The highest BCUT2D eigenvalue weighted by Gasteiger charge is 2.24. The third-order valence-electron chi connectivity index (χ3n) is 6.38. The summed E-state index contributed by atoms with van der Waals surface area (Å²) in [5.74, 6) is -0.486. The molecule has 4 aromatic rings. The molecule has 0 spiro atoms. The number of carbonyl (C=O) groups is 1. The second-order valence-electron chi connectivity index (χ2n) is 9.08. The van der Waals surface area contributed by atoms with Crippen molar-refractivity contribution in [1.82, 2.24) is 9.29 Å². The van der Waals surface area contributed by atoms with Gasteiger partial charge in [-0.25, -0.2) is 13.1 Å². The van der Waals surface area contributed by atoms with E-state index in [0.29, 0.717) is 23.4 Å². The Balaban J connectivity index is 1.73. The van der Waals surface area contributed by atoms with E-state index in [1.165, 1.54) is 0 Å². The Morgan fingerprint density at radius 1 is 0.971 bits per heavy atom. The van der Waals surface area contributed by atoms with Crippen LogP contribution < -0.4 is 10.5 Å². The first kappa shape index (κ1) is 24.7. The molecule has 3 aromatic carbocycles. The minimum atomic E-state index is -3.71. The lowest BCUT2D eigenvalue weighted by Gasteiger charge is -2.20. The molecule has 0 aliphatic rings. The van der Waals surface area contributed by atoms with Crippen molar-refractivity contribution in [1.29, 1.82) is 0 Å². The van der Waals surface area contributed by atoms with Gasteiger partial charge >= 0.3 is 0 Å². The van der Waals surface area contributed by atoms with Gasteiger partial charge in [0.2, 0.25) is 15.9 Å². The van der Waals surface area contributed by atoms with E-state index in [9.17, 15) is 13.2 Å². The van der Waals surface area contributed by atoms with Gasteiger partial charge in [0.25, 0.3) is 0 Å². The van der Waals surface area contributed by atoms with Gasteiger partial charge in [-0.3, -0.25) is 4.79 Å². The van der Waals surface area contributed by atoms with Crippen LogP contribution in [0.1, 0.15) is 40.4 Å². The zero-order valence-electron chi connectivity index (χ0n) is 20.5. The zero-order chi connectivity index (χ0) is 25.3. The fourth-order valence-corrected chi connectivity index (χ4v) is 6.66. The number of para-hydroxylation sites is 1. The van der Waals surface area contributed by atoms with Crippen molar-refractivity contribution in [2.45, 2.75) is 51.6 Å². The molecule has 0 unspecified atom stereocenters. The predicted molar refractivity (Wildman–Crippen MR) is 141 cm³/mol. The molecular formula is C28H31N3O3S. The Morgan fingerprint density at radius 2 is 1.60 bits per heavy atom. The molecule has 1 aromatic heterocycles. The van der Waals surface area contributed by atoms with Crippen molar-refractivity contribution in [3.63, 3.8) is 0 Å². The number of nitrogens with one attached hydrogen (secondary N) is 1. The topological polar surface area (TPSA) is 94.2 Å². The molecule has 6 nitrogen and oxygen atoms in total. The quantitative estimate of drug-likeness (QED) is 0.361. The van der Waals surface area contributed by atoms with E-state index in [4.69, 9.17) is 5.73 Å². The van der Waals surface area contributed by atoms with Crippen LogP contribution in [-0.2, 0) is 16.6 Å². The number of nitrogens with zero attached hydrogens (tertiary/aromatic N) is 1. The van der Waals surface area contributed by atoms with Crippen molar-refractivity contribution < 1.29 is 13.2 Å². The lowest BCUT2D eigenvalue weighted by Crippen LogP contribution is -2.38. The summed E-state index contributed by atoms with van der Waals surface area (Å²) in [5.41, 5.74) is 11.2. The summed E-state index contributed by atoms with van der Waals surface area (Å²) >= 11 is 0. The van der Waals surface area contributed by atoms with Crippen LogP contribution >= 0.6 is 0 Å². The molecule has 35 heavy (non-hydrogen) atoms. The molecule has 0 bridgehead atoms. The van der Waals surface area contributed by atoms with Gasteiger partial charge in [-0.1, -0.05) is 61.0 Å². The van der Waals surface area contributed by atoms with Crippen LogP contribution in [0.4, 0.5) is 0 Å². The smallest absolute Gasteiger partial charge is 0.249 e. The lowest BCUT2D eigenvalue weighted by molar-refractivity contribution is 0.100. The fourth-order valence-electron chi connectivity index (χ4n) is 4.90. The number of hydrogen-bond donors (Lipinski definition) is 2. The SMILES string of the molecule is CC[C@H](Cn1cc(-c2ccccc2C(N)=O)c2ccccc21)NS(=O)(=O)c1c(C)cc(C)cc1C. The number of sulfonamides is 1. The molecule has 7 heteroatoms. The minimum absolute atomic E-state index is 0.324. The highest BCUT2D eigenvalue weighted by molar-refractivity contribution is 7.89. The lowest BCUT2D eigenvalue weighted by atomic mass is 9.99. The van der Waals surface area contributed by atoms with Crippen molar-refractivity contribution >= 4 is 26.8 Å². The molecule has 1 amide bonds. The summed E-state index contributed by atoms with van der Waals surface area (Å²) in [6, 6.07) is 18.6. The Kier molecular flexibility index (Phi) is 6.83.